The molecule has 2 aromatic rings. The fourth-order valence-electron chi connectivity index (χ4n) is 3.31. The van der Waals surface area contributed by atoms with Crippen LogP contribution >= 0.6 is 0 Å². The molecule has 2 aromatic carbocycles. The van der Waals surface area contributed by atoms with Gasteiger partial charge in [-0.1, -0.05) is 47.6 Å². The van der Waals surface area contributed by atoms with E-state index in [1.807, 2.05) is 49.4 Å². The summed E-state index contributed by atoms with van der Waals surface area (Å²) in [5.41, 5.74) is 5.33. The maximum absolute atomic E-state index is 10.8. The molecule has 22 heavy (non-hydrogen) atoms. The minimum atomic E-state index is -0.0919. The monoisotopic (exact) mass is 293 g/mol. The normalized spacial score (nSPS) is 16.5. The molecule has 1 atom stereocenters. The van der Waals surface area contributed by atoms with Crippen LogP contribution in [-0.2, 0) is 6.42 Å². The molecule has 0 amide bonds. The van der Waals surface area contributed by atoms with Crippen molar-refractivity contribution in [3.8, 4) is 5.75 Å². The van der Waals surface area contributed by atoms with Gasteiger partial charge in [-0.3, -0.25) is 0 Å². The average molecular weight is 293 g/mol. The summed E-state index contributed by atoms with van der Waals surface area (Å²) in [4.78, 5) is 0. The van der Waals surface area contributed by atoms with Gasteiger partial charge in [0.25, 0.3) is 0 Å². The van der Waals surface area contributed by atoms with E-state index in [0.29, 0.717) is 17.7 Å². The van der Waals surface area contributed by atoms with Crippen molar-refractivity contribution in [1.29, 1.82) is 0 Å². The van der Waals surface area contributed by atoms with Crippen LogP contribution in [0.3, 0.4) is 0 Å². The first kappa shape index (κ1) is 14.4. The predicted molar refractivity (Wildman–Crippen MR) is 88.0 cm³/mol. The summed E-state index contributed by atoms with van der Waals surface area (Å²) >= 11 is 0. The molecule has 0 saturated carbocycles. The first-order chi connectivity index (χ1) is 10.7. The Morgan fingerprint density at radius 2 is 1.95 bits per heavy atom. The van der Waals surface area contributed by atoms with Crippen LogP contribution in [0.25, 0.3) is 0 Å². The number of fused-ring (bicyclic) bond motifs is 1. The number of hydrogen-bond acceptors (Lipinski definition) is 3. The average Bonchev–Trinajstić information content (AvgIpc) is 2.98. The zero-order valence-corrected chi connectivity index (χ0v) is 12.6. The Morgan fingerprint density at radius 1 is 1.23 bits per heavy atom. The zero-order valence-electron chi connectivity index (χ0n) is 12.6. The van der Waals surface area contributed by atoms with Gasteiger partial charge in [-0.25, -0.2) is 0 Å². The maximum Gasteiger partial charge on any atom is 0.129 e. The maximum atomic E-state index is 10.8. The Labute approximate surface area is 130 Å². The molecule has 0 aliphatic heterocycles. The first-order valence-electron chi connectivity index (χ1n) is 7.41. The molecular weight excluding hydrogens is 274 g/mol. The van der Waals surface area contributed by atoms with Crippen molar-refractivity contribution in [3.63, 3.8) is 0 Å². The smallest absolute Gasteiger partial charge is 0.129 e. The van der Waals surface area contributed by atoms with E-state index in [-0.39, 0.29) is 11.7 Å². The summed E-state index contributed by atoms with van der Waals surface area (Å²) in [6, 6.07) is 12.0. The highest BCUT2D eigenvalue weighted by molar-refractivity contribution is 6.07. The Hall–Kier alpha value is -2.55. The molecule has 0 fully saturated rings. The molecule has 0 saturated heterocycles. The van der Waals surface area contributed by atoms with Crippen molar-refractivity contribution in [2.45, 2.75) is 25.7 Å². The fraction of sp³-hybridized carbons (Fsp3) is 0.211. The van der Waals surface area contributed by atoms with Gasteiger partial charge < -0.3 is 10.3 Å². The van der Waals surface area contributed by atoms with Crippen molar-refractivity contribution in [3.05, 3.63) is 76.9 Å². The number of phenols is 1. The topological polar surface area (TPSA) is 52.8 Å². The molecular formula is C19H19NO2. The van der Waals surface area contributed by atoms with E-state index >= 15 is 0 Å². The fourth-order valence-corrected chi connectivity index (χ4v) is 3.31. The van der Waals surface area contributed by atoms with Gasteiger partial charge in [-0.2, -0.15) is 0 Å². The zero-order chi connectivity index (χ0) is 15.7. The van der Waals surface area contributed by atoms with Gasteiger partial charge >= 0.3 is 0 Å². The van der Waals surface area contributed by atoms with Crippen molar-refractivity contribution in [1.82, 2.24) is 0 Å². The van der Waals surface area contributed by atoms with Gasteiger partial charge in [0.2, 0.25) is 0 Å². The van der Waals surface area contributed by atoms with Gasteiger partial charge in [-0.15, -0.1) is 6.58 Å². The molecule has 3 heteroatoms. The summed E-state index contributed by atoms with van der Waals surface area (Å²) in [5, 5.41) is 23.3. The number of aromatic hydroxyl groups is 1. The molecule has 0 bridgehead atoms. The molecule has 1 unspecified atom stereocenters. The van der Waals surface area contributed by atoms with E-state index in [4.69, 9.17) is 0 Å². The summed E-state index contributed by atoms with van der Waals surface area (Å²) in [5.74, 6) is 0.116. The Kier molecular flexibility index (Phi) is 3.72. The van der Waals surface area contributed by atoms with E-state index < -0.39 is 0 Å². The largest absolute Gasteiger partial charge is 0.507 e. The molecule has 0 spiro atoms. The lowest BCUT2D eigenvalue weighted by molar-refractivity contribution is 0.318. The van der Waals surface area contributed by atoms with Crippen molar-refractivity contribution < 1.29 is 10.3 Å². The lowest BCUT2D eigenvalue weighted by atomic mass is 9.87. The number of aryl methyl sites for hydroxylation is 1. The van der Waals surface area contributed by atoms with E-state index in [2.05, 4.69) is 11.7 Å². The van der Waals surface area contributed by atoms with Gasteiger partial charge in [0, 0.05) is 17.0 Å². The number of benzene rings is 2. The minimum Gasteiger partial charge on any atom is -0.507 e. The highest BCUT2D eigenvalue weighted by Crippen LogP contribution is 2.41. The minimum absolute atomic E-state index is 0.0919. The third-order valence-electron chi connectivity index (χ3n) is 4.41. The molecule has 3 rings (SSSR count). The Bertz CT molecular complexity index is 748. The third kappa shape index (κ3) is 2.19. The van der Waals surface area contributed by atoms with Gasteiger partial charge in [0.1, 0.15) is 5.75 Å². The highest BCUT2D eigenvalue weighted by Gasteiger charge is 2.28. The first-order valence-corrected chi connectivity index (χ1v) is 7.41. The van der Waals surface area contributed by atoms with E-state index in [0.717, 1.165) is 28.7 Å². The van der Waals surface area contributed by atoms with Crippen LogP contribution in [-0.4, -0.2) is 16.0 Å². The second-order valence-corrected chi connectivity index (χ2v) is 5.66. The molecule has 0 heterocycles. The molecule has 112 valence electrons. The second kappa shape index (κ2) is 5.68. The van der Waals surface area contributed by atoms with Crippen molar-refractivity contribution >= 4 is 5.71 Å². The predicted octanol–water partition coefficient (Wildman–Crippen LogP) is 4.14. The summed E-state index contributed by atoms with van der Waals surface area (Å²) < 4.78 is 0. The van der Waals surface area contributed by atoms with Crippen molar-refractivity contribution in [2.24, 2.45) is 5.16 Å². The number of phenolic OH excluding ortho intramolecular Hbond substituents is 1. The molecule has 1 aliphatic carbocycles. The van der Waals surface area contributed by atoms with Crippen LogP contribution in [0.15, 0.2) is 54.2 Å². The van der Waals surface area contributed by atoms with Crippen LogP contribution in [0.5, 0.6) is 5.75 Å². The quantitative estimate of drug-likeness (QED) is 0.507. The molecule has 0 aromatic heterocycles. The van der Waals surface area contributed by atoms with E-state index in [1.165, 1.54) is 0 Å². The molecule has 1 aliphatic rings. The third-order valence-corrected chi connectivity index (χ3v) is 4.41. The summed E-state index contributed by atoms with van der Waals surface area (Å²) in [7, 11) is 0. The lowest BCUT2D eigenvalue weighted by Crippen LogP contribution is -2.04. The second-order valence-electron chi connectivity index (χ2n) is 5.66. The van der Waals surface area contributed by atoms with Gasteiger partial charge in [0.05, 0.1) is 5.71 Å². The molecule has 2 N–H and O–H groups in total. The number of allylic oxidation sites excluding steroid dienone is 1. The number of oxime groups is 1. The van der Waals surface area contributed by atoms with Crippen molar-refractivity contribution in [2.75, 3.05) is 0 Å². The van der Waals surface area contributed by atoms with Crippen LogP contribution in [0.1, 0.15) is 40.2 Å². The van der Waals surface area contributed by atoms with Crippen LogP contribution in [0, 0.1) is 6.92 Å². The molecule has 3 nitrogen and oxygen atoms in total. The van der Waals surface area contributed by atoms with E-state index in [9.17, 15) is 10.3 Å². The van der Waals surface area contributed by atoms with Gasteiger partial charge in [0.15, 0.2) is 0 Å². The Morgan fingerprint density at radius 3 is 2.59 bits per heavy atom. The number of hydrogen-bond donors (Lipinski definition) is 2. The van der Waals surface area contributed by atoms with Gasteiger partial charge in [-0.05, 0) is 36.5 Å². The summed E-state index contributed by atoms with van der Waals surface area (Å²) in [6.07, 6.45) is 3.30. The SMILES string of the molecule is C=CC(c1ccccc1)c1cc(C)c2c(c1O)/C(=N/O)CC2. The lowest BCUT2D eigenvalue weighted by Gasteiger charge is -2.19. The summed E-state index contributed by atoms with van der Waals surface area (Å²) in [6.45, 7) is 5.96. The standard InChI is InChI=1S/C19H19NO2/c1-3-14(13-7-5-4-6-8-13)16-11-12(2)15-9-10-17(20-22)18(15)19(16)21/h3-8,11,14,21-22H,1,9-10H2,2H3/b20-17+. The number of rotatable bonds is 3. The molecule has 0 radical (unpaired) electrons. The Balaban J connectivity index is 2.20. The number of nitrogens with zero attached hydrogens (tertiary/aromatic N) is 1. The van der Waals surface area contributed by atoms with Crippen LogP contribution < -0.4 is 0 Å². The van der Waals surface area contributed by atoms with E-state index in [1.54, 1.807) is 0 Å². The van der Waals surface area contributed by atoms with Crippen LogP contribution in [0.4, 0.5) is 0 Å². The highest BCUT2D eigenvalue weighted by atomic mass is 16.4. The van der Waals surface area contributed by atoms with Crippen LogP contribution in [0.2, 0.25) is 0 Å².